The molecule has 8 heteroatoms. The van der Waals surface area contributed by atoms with Gasteiger partial charge in [0.05, 0.1) is 30.0 Å². The molecule has 0 unspecified atom stereocenters. The second-order valence-corrected chi connectivity index (χ2v) is 5.94. The molecule has 2 heterocycles. The van der Waals surface area contributed by atoms with E-state index in [2.05, 4.69) is 10.4 Å². The summed E-state index contributed by atoms with van der Waals surface area (Å²) in [4.78, 5) is 36.0. The summed E-state index contributed by atoms with van der Waals surface area (Å²) in [5.41, 5.74) is -0.625. The molecule has 1 atom stereocenters. The summed E-state index contributed by atoms with van der Waals surface area (Å²) >= 11 is 0. The van der Waals surface area contributed by atoms with Gasteiger partial charge in [-0.1, -0.05) is 12.1 Å². The van der Waals surface area contributed by atoms with Gasteiger partial charge in [0.2, 0.25) is 5.91 Å². The van der Waals surface area contributed by atoms with Crippen LogP contribution < -0.4 is 16.4 Å². The van der Waals surface area contributed by atoms with Crippen LogP contribution in [0.2, 0.25) is 0 Å². The van der Waals surface area contributed by atoms with Crippen LogP contribution in [0.4, 0.5) is 0 Å². The van der Waals surface area contributed by atoms with Crippen LogP contribution in [-0.2, 0) is 20.8 Å². The normalized spacial score (nSPS) is 17.0. The molecule has 1 saturated heterocycles. The Morgan fingerprint density at radius 3 is 2.88 bits per heavy atom. The van der Waals surface area contributed by atoms with Crippen molar-refractivity contribution in [3.8, 4) is 0 Å². The highest BCUT2D eigenvalue weighted by molar-refractivity contribution is 5.80. The topological polar surface area (TPSA) is 102 Å². The van der Waals surface area contributed by atoms with Gasteiger partial charge in [0.25, 0.3) is 11.1 Å². The number of aromatic amines is 1. The van der Waals surface area contributed by atoms with E-state index in [0.29, 0.717) is 17.4 Å². The zero-order valence-corrected chi connectivity index (χ0v) is 13.8. The number of hydrogen-bond donors (Lipinski definition) is 2. The van der Waals surface area contributed by atoms with Crippen LogP contribution in [0, 0.1) is 0 Å². The fourth-order valence-electron chi connectivity index (χ4n) is 2.82. The van der Waals surface area contributed by atoms with Gasteiger partial charge in [0.15, 0.2) is 0 Å². The van der Waals surface area contributed by atoms with Crippen molar-refractivity contribution < 1.29 is 14.3 Å². The third-order valence-electron chi connectivity index (χ3n) is 4.10. The molecule has 2 aromatic rings. The standard InChI is InChI=1S/C17H21N3O5/c21-15(11-24-10-12-4-3-9-25-12)18-7-8-20-17(23)14-6-2-1-5-13(14)16(22)19-20/h1-2,5-6,12H,3-4,7-11H2,(H,18,21)(H,19,22)/t12-/m1/s1. The number of hydrogen-bond acceptors (Lipinski definition) is 5. The molecule has 1 aliphatic rings. The van der Waals surface area contributed by atoms with Crippen molar-refractivity contribution in [1.29, 1.82) is 0 Å². The van der Waals surface area contributed by atoms with Crippen molar-refractivity contribution >= 4 is 16.7 Å². The first-order valence-corrected chi connectivity index (χ1v) is 8.33. The van der Waals surface area contributed by atoms with E-state index in [4.69, 9.17) is 9.47 Å². The van der Waals surface area contributed by atoms with E-state index in [0.717, 1.165) is 19.4 Å². The average molecular weight is 347 g/mol. The maximum Gasteiger partial charge on any atom is 0.273 e. The fourth-order valence-corrected chi connectivity index (χ4v) is 2.82. The second-order valence-electron chi connectivity index (χ2n) is 5.94. The number of rotatable bonds is 7. The van der Waals surface area contributed by atoms with Crippen molar-refractivity contribution in [1.82, 2.24) is 15.1 Å². The van der Waals surface area contributed by atoms with Gasteiger partial charge < -0.3 is 14.8 Å². The lowest BCUT2D eigenvalue weighted by molar-refractivity contribution is -0.126. The van der Waals surface area contributed by atoms with E-state index < -0.39 is 0 Å². The molecule has 1 fully saturated rings. The van der Waals surface area contributed by atoms with Gasteiger partial charge in [-0.2, -0.15) is 0 Å². The summed E-state index contributed by atoms with van der Waals surface area (Å²) in [7, 11) is 0. The third kappa shape index (κ3) is 4.34. The number of carbonyl (C=O) groups is 1. The summed E-state index contributed by atoms with van der Waals surface area (Å²) < 4.78 is 11.9. The van der Waals surface area contributed by atoms with Crippen molar-refractivity contribution in [2.24, 2.45) is 0 Å². The summed E-state index contributed by atoms with van der Waals surface area (Å²) in [6.45, 7) is 1.50. The van der Waals surface area contributed by atoms with Crippen molar-refractivity contribution in [2.45, 2.75) is 25.5 Å². The Kier molecular flexibility index (Phi) is 5.62. The number of ether oxygens (including phenoxy) is 2. The lowest BCUT2D eigenvalue weighted by Gasteiger charge is -2.11. The first-order valence-electron chi connectivity index (χ1n) is 8.33. The lowest BCUT2D eigenvalue weighted by Crippen LogP contribution is -2.36. The number of benzene rings is 1. The van der Waals surface area contributed by atoms with Crippen LogP contribution in [-0.4, -0.2) is 48.2 Å². The molecule has 3 rings (SSSR count). The van der Waals surface area contributed by atoms with E-state index in [1.54, 1.807) is 24.3 Å². The molecule has 1 aromatic carbocycles. The van der Waals surface area contributed by atoms with Crippen LogP contribution in [0.15, 0.2) is 33.9 Å². The summed E-state index contributed by atoms with van der Waals surface area (Å²) in [6.07, 6.45) is 2.06. The summed E-state index contributed by atoms with van der Waals surface area (Å²) in [6, 6.07) is 6.63. The molecule has 2 N–H and O–H groups in total. The molecule has 25 heavy (non-hydrogen) atoms. The largest absolute Gasteiger partial charge is 0.376 e. The molecule has 0 spiro atoms. The number of carbonyl (C=O) groups excluding carboxylic acids is 1. The molecule has 0 aliphatic carbocycles. The van der Waals surface area contributed by atoms with Crippen molar-refractivity contribution in [3.63, 3.8) is 0 Å². The van der Waals surface area contributed by atoms with Gasteiger partial charge in [0.1, 0.15) is 6.61 Å². The molecular weight excluding hydrogens is 326 g/mol. The number of fused-ring (bicyclic) bond motifs is 1. The van der Waals surface area contributed by atoms with E-state index in [9.17, 15) is 14.4 Å². The quantitative estimate of drug-likeness (QED) is 0.734. The Morgan fingerprint density at radius 2 is 2.12 bits per heavy atom. The Labute approximate surface area is 143 Å². The van der Waals surface area contributed by atoms with Crippen LogP contribution >= 0.6 is 0 Å². The van der Waals surface area contributed by atoms with E-state index in [1.165, 1.54) is 4.68 Å². The number of nitrogens with one attached hydrogen (secondary N) is 2. The van der Waals surface area contributed by atoms with Crippen LogP contribution in [0.25, 0.3) is 10.8 Å². The van der Waals surface area contributed by atoms with Gasteiger partial charge in [0, 0.05) is 13.2 Å². The number of nitrogens with zero attached hydrogens (tertiary/aromatic N) is 1. The first kappa shape index (κ1) is 17.4. The Balaban J connectivity index is 1.49. The molecule has 0 saturated carbocycles. The Hall–Kier alpha value is -2.45. The second kappa shape index (κ2) is 8.09. The van der Waals surface area contributed by atoms with Gasteiger partial charge in [-0.05, 0) is 25.0 Å². The van der Waals surface area contributed by atoms with E-state index >= 15 is 0 Å². The highest BCUT2D eigenvalue weighted by atomic mass is 16.5. The minimum atomic E-state index is -0.332. The molecule has 0 radical (unpaired) electrons. The van der Waals surface area contributed by atoms with Crippen LogP contribution in [0.5, 0.6) is 0 Å². The highest BCUT2D eigenvalue weighted by Crippen LogP contribution is 2.11. The van der Waals surface area contributed by atoms with Crippen molar-refractivity contribution in [2.75, 3.05) is 26.4 Å². The maximum absolute atomic E-state index is 12.3. The van der Waals surface area contributed by atoms with Gasteiger partial charge in [-0.25, -0.2) is 4.68 Å². The van der Waals surface area contributed by atoms with Crippen LogP contribution in [0.3, 0.4) is 0 Å². The zero-order valence-electron chi connectivity index (χ0n) is 13.8. The number of H-pyrrole nitrogens is 1. The molecule has 0 bridgehead atoms. The van der Waals surface area contributed by atoms with Crippen molar-refractivity contribution in [3.05, 3.63) is 45.0 Å². The molecule has 134 valence electrons. The number of aromatic nitrogens is 2. The van der Waals surface area contributed by atoms with Crippen LogP contribution in [0.1, 0.15) is 12.8 Å². The monoisotopic (exact) mass is 347 g/mol. The minimum absolute atomic E-state index is 0.0526. The summed E-state index contributed by atoms with van der Waals surface area (Å²) in [5.74, 6) is -0.269. The molecule has 1 amide bonds. The molecular formula is C17H21N3O5. The first-order chi connectivity index (χ1) is 12.1. The number of amides is 1. The molecule has 1 aromatic heterocycles. The maximum atomic E-state index is 12.3. The van der Waals surface area contributed by atoms with Gasteiger partial charge in [-0.15, -0.1) is 0 Å². The van der Waals surface area contributed by atoms with E-state index in [1.807, 2.05) is 0 Å². The lowest BCUT2D eigenvalue weighted by atomic mass is 10.2. The Morgan fingerprint density at radius 1 is 1.32 bits per heavy atom. The Bertz CT molecular complexity index is 851. The predicted molar refractivity (Wildman–Crippen MR) is 91.6 cm³/mol. The highest BCUT2D eigenvalue weighted by Gasteiger charge is 2.15. The average Bonchev–Trinajstić information content (AvgIpc) is 3.13. The smallest absolute Gasteiger partial charge is 0.273 e. The fraction of sp³-hybridized carbons (Fsp3) is 0.471. The minimum Gasteiger partial charge on any atom is -0.376 e. The predicted octanol–water partition coefficient (Wildman–Crippen LogP) is 0.00160. The SMILES string of the molecule is O=C(COC[C@H]1CCCO1)NCCn1[nH]c(=O)c2ccccc2c1=O. The summed E-state index contributed by atoms with van der Waals surface area (Å²) in [5, 5.41) is 5.90. The zero-order chi connectivity index (χ0) is 17.6. The third-order valence-corrected chi connectivity index (χ3v) is 4.10. The van der Waals surface area contributed by atoms with E-state index in [-0.39, 0.29) is 42.8 Å². The van der Waals surface area contributed by atoms with Gasteiger partial charge >= 0.3 is 0 Å². The van der Waals surface area contributed by atoms with Gasteiger partial charge in [-0.3, -0.25) is 19.5 Å². The molecule has 1 aliphatic heterocycles. The molecule has 8 nitrogen and oxygen atoms in total.